The first-order chi connectivity index (χ1) is 21.8. The number of anilines is 1. The summed E-state index contributed by atoms with van der Waals surface area (Å²) in [5.74, 6) is -0.136. The zero-order chi connectivity index (χ0) is 31.9. The molecule has 5 rings (SSSR count). The number of carbonyl (C=O) groups excluding carboxylic acids is 1. The van der Waals surface area contributed by atoms with E-state index in [1.165, 1.54) is 5.56 Å². The first kappa shape index (κ1) is 33.2. The van der Waals surface area contributed by atoms with Crippen LogP contribution in [0.3, 0.4) is 0 Å². The van der Waals surface area contributed by atoms with Gasteiger partial charge in [-0.3, -0.25) is 14.6 Å². The van der Waals surface area contributed by atoms with Crippen LogP contribution in [0.4, 0.5) is 5.69 Å². The Balaban J connectivity index is 1.40. The van der Waals surface area contributed by atoms with Crippen molar-refractivity contribution < 1.29 is 14.6 Å². The first-order valence-corrected chi connectivity index (χ1v) is 16.6. The summed E-state index contributed by atoms with van der Waals surface area (Å²) in [6, 6.07) is 13.5. The number of dihydropyridines is 1. The summed E-state index contributed by atoms with van der Waals surface area (Å²) in [7, 11) is 0. The highest BCUT2D eigenvalue weighted by Crippen LogP contribution is 2.34. The van der Waals surface area contributed by atoms with Crippen LogP contribution < -0.4 is 21.3 Å². The largest absolute Gasteiger partial charge is 0.381 e. The zero-order valence-corrected chi connectivity index (χ0v) is 27.6. The van der Waals surface area contributed by atoms with Crippen molar-refractivity contribution >= 4 is 11.6 Å². The molecule has 0 aromatic heterocycles. The van der Waals surface area contributed by atoms with Gasteiger partial charge in [-0.15, -0.1) is 0 Å². The number of aliphatic hydroxyl groups is 1. The van der Waals surface area contributed by atoms with Crippen molar-refractivity contribution in [1.82, 2.24) is 20.4 Å². The molecule has 3 heterocycles. The van der Waals surface area contributed by atoms with Crippen LogP contribution in [-0.4, -0.2) is 98.7 Å². The monoisotopic (exact) mass is 616 g/mol. The number of hydrogen-bond acceptors (Lipinski definition) is 8. The summed E-state index contributed by atoms with van der Waals surface area (Å²) in [6.07, 6.45) is 3.13. The van der Waals surface area contributed by atoms with Crippen LogP contribution in [0.25, 0.3) is 11.1 Å². The predicted molar refractivity (Wildman–Crippen MR) is 182 cm³/mol. The molecule has 0 radical (unpaired) electrons. The molecule has 2 aromatic carbocycles. The lowest BCUT2D eigenvalue weighted by Crippen LogP contribution is -2.47. The molecular formula is C36H52N6O3. The number of nitrogens with one attached hydrogen (secondary N) is 2. The van der Waals surface area contributed by atoms with E-state index in [2.05, 4.69) is 69.5 Å². The van der Waals surface area contributed by atoms with Crippen molar-refractivity contribution in [1.29, 1.82) is 0 Å². The van der Waals surface area contributed by atoms with E-state index in [1.807, 2.05) is 26.0 Å². The number of nitrogens with zero attached hydrogens (tertiary/aromatic N) is 3. The Morgan fingerprint density at radius 3 is 2.38 bits per heavy atom. The average Bonchev–Trinajstić information content (AvgIpc) is 3.03. The van der Waals surface area contributed by atoms with Gasteiger partial charge in [0.2, 0.25) is 0 Å². The maximum atomic E-state index is 13.8. The Bertz CT molecular complexity index is 1370. The molecule has 2 aromatic rings. The first-order valence-electron chi connectivity index (χ1n) is 16.6. The van der Waals surface area contributed by atoms with Crippen molar-refractivity contribution in [2.45, 2.75) is 59.4 Å². The average molecular weight is 617 g/mol. The van der Waals surface area contributed by atoms with Gasteiger partial charge in [-0.25, -0.2) is 0 Å². The lowest BCUT2D eigenvalue weighted by atomic mass is 9.94. The molecule has 2 saturated heterocycles. The van der Waals surface area contributed by atoms with Crippen molar-refractivity contribution in [2.75, 3.05) is 70.5 Å². The van der Waals surface area contributed by atoms with E-state index in [0.717, 1.165) is 111 Å². The van der Waals surface area contributed by atoms with Gasteiger partial charge in [0.15, 0.2) is 0 Å². The molecule has 1 unspecified atom stereocenters. The molecular weight excluding hydrogens is 564 g/mol. The maximum absolute atomic E-state index is 13.8. The summed E-state index contributed by atoms with van der Waals surface area (Å²) in [5, 5.41) is 16.8. The highest BCUT2D eigenvalue weighted by Gasteiger charge is 2.26. The van der Waals surface area contributed by atoms with Gasteiger partial charge in [-0.1, -0.05) is 24.3 Å². The quantitative estimate of drug-likeness (QED) is 0.304. The van der Waals surface area contributed by atoms with Crippen LogP contribution in [0.5, 0.6) is 0 Å². The molecule has 1 atom stereocenters. The molecule has 5 N–H and O–H groups in total. The minimum atomic E-state index is -0.810. The number of carbonyl (C=O) groups is 1. The highest BCUT2D eigenvalue weighted by atomic mass is 16.5. The molecule has 2 fully saturated rings. The highest BCUT2D eigenvalue weighted by molar-refractivity contribution is 5.99. The van der Waals surface area contributed by atoms with Crippen LogP contribution in [0.15, 0.2) is 59.3 Å². The van der Waals surface area contributed by atoms with E-state index >= 15 is 0 Å². The molecule has 9 heteroatoms. The minimum Gasteiger partial charge on any atom is -0.381 e. The third-order valence-corrected chi connectivity index (χ3v) is 9.58. The van der Waals surface area contributed by atoms with E-state index in [4.69, 9.17) is 10.5 Å². The Kier molecular flexibility index (Phi) is 11.3. The minimum absolute atomic E-state index is 0.136. The van der Waals surface area contributed by atoms with Gasteiger partial charge in [0.05, 0.1) is 0 Å². The molecule has 244 valence electrons. The Morgan fingerprint density at radius 1 is 1.04 bits per heavy atom. The van der Waals surface area contributed by atoms with Gasteiger partial charge in [0, 0.05) is 101 Å². The second-order valence-corrected chi connectivity index (χ2v) is 12.7. The number of piperazine rings is 1. The van der Waals surface area contributed by atoms with E-state index in [9.17, 15) is 9.90 Å². The Labute approximate surface area is 269 Å². The molecule has 0 aliphatic carbocycles. The van der Waals surface area contributed by atoms with E-state index < -0.39 is 6.23 Å². The number of nitrogens with two attached hydrogens (primary N) is 1. The zero-order valence-electron chi connectivity index (χ0n) is 27.6. The van der Waals surface area contributed by atoms with Crippen molar-refractivity contribution in [2.24, 2.45) is 5.73 Å². The van der Waals surface area contributed by atoms with Gasteiger partial charge in [0.1, 0.15) is 6.23 Å². The van der Waals surface area contributed by atoms with Crippen LogP contribution >= 0.6 is 0 Å². The van der Waals surface area contributed by atoms with E-state index in [-0.39, 0.29) is 12.5 Å². The molecule has 0 spiro atoms. The summed E-state index contributed by atoms with van der Waals surface area (Å²) in [5.41, 5.74) is 14.5. The number of ether oxygens (including phenoxy) is 1. The normalized spacial score (nSPS) is 20.1. The molecule has 0 saturated carbocycles. The molecule has 0 bridgehead atoms. The fourth-order valence-electron chi connectivity index (χ4n) is 6.92. The molecule has 1 amide bonds. The molecule has 3 aliphatic rings. The van der Waals surface area contributed by atoms with Gasteiger partial charge in [-0.05, 0) is 86.6 Å². The number of rotatable bonds is 11. The molecule has 45 heavy (non-hydrogen) atoms. The molecule has 3 aliphatic heterocycles. The number of amides is 1. The SMILES string of the molecule is CCN(c1cc(-c2ccc(CN3CCN(CCN)CC3)cc2)cc(C(=O)NCC2=C(C)C=C(C)NC2O)c1C)C1CCOCC1. The van der Waals surface area contributed by atoms with Gasteiger partial charge >= 0.3 is 0 Å². The number of allylic oxidation sites excluding steroid dienone is 3. The summed E-state index contributed by atoms with van der Waals surface area (Å²) in [6.45, 7) is 17.6. The summed E-state index contributed by atoms with van der Waals surface area (Å²) in [4.78, 5) is 21.2. The number of aliphatic hydroxyl groups excluding tert-OH is 1. The maximum Gasteiger partial charge on any atom is 0.251 e. The second kappa shape index (κ2) is 15.4. The predicted octanol–water partition coefficient (Wildman–Crippen LogP) is 3.62. The third kappa shape index (κ3) is 8.15. The van der Waals surface area contributed by atoms with Crippen molar-refractivity contribution in [3.8, 4) is 11.1 Å². The third-order valence-electron chi connectivity index (χ3n) is 9.58. The summed E-state index contributed by atoms with van der Waals surface area (Å²) < 4.78 is 5.68. The number of hydrogen-bond donors (Lipinski definition) is 4. The fraction of sp³-hybridized carbons (Fsp3) is 0.528. The topological polar surface area (TPSA) is 106 Å². The fourth-order valence-corrected chi connectivity index (χ4v) is 6.92. The smallest absolute Gasteiger partial charge is 0.251 e. The Morgan fingerprint density at radius 2 is 1.73 bits per heavy atom. The lowest BCUT2D eigenvalue weighted by Gasteiger charge is -2.37. The van der Waals surface area contributed by atoms with E-state index in [1.54, 1.807) is 0 Å². The standard InChI is InChI=1S/C36H52N6O3/c1-5-42(31-10-18-45-19-11-31)34-22-30(29-8-6-28(7-9-29)24-41-16-14-40(13-12-37)15-17-41)21-32(27(34)4)35(43)38-23-33-25(2)20-26(3)39-36(33)44/h6-9,20-22,31,36,39,44H,5,10-19,23-24,37H2,1-4H3,(H,38,43). The van der Waals surface area contributed by atoms with Gasteiger partial charge < -0.3 is 31.1 Å². The lowest BCUT2D eigenvalue weighted by molar-refractivity contribution is 0.0846. The van der Waals surface area contributed by atoms with Crippen LogP contribution in [-0.2, 0) is 11.3 Å². The van der Waals surface area contributed by atoms with E-state index in [0.29, 0.717) is 18.2 Å². The summed E-state index contributed by atoms with van der Waals surface area (Å²) >= 11 is 0. The number of benzene rings is 2. The molecule has 9 nitrogen and oxygen atoms in total. The van der Waals surface area contributed by atoms with Crippen molar-refractivity contribution in [3.63, 3.8) is 0 Å². The van der Waals surface area contributed by atoms with Crippen molar-refractivity contribution in [3.05, 3.63) is 76.0 Å². The van der Waals surface area contributed by atoms with Gasteiger partial charge in [-0.2, -0.15) is 0 Å². The van der Waals surface area contributed by atoms with Gasteiger partial charge in [0.25, 0.3) is 5.91 Å². The van der Waals surface area contributed by atoms with Crippen LogP contribution in [0.2, 0.25) is 0 Å². The van der Waals surface area contributed by atoms with Crippen LogP contribution in [0.1, 0.15) is 55.1 Å². The van der Waals surface area contributed by atoms with Crippen LogP contribution in [0, 0.1) is 6.92 Å². The Hall–Kier alpha value is -3.21. The second-order valence-electron chi connectivity index (χ2n) is 12.7.